The average molecular weight is 345 g/mol. The molecule has 0 radical (unpaired) electrons. The molecule has 1 amide bonds. The smallest absolute Gasteiger partial charge is 0.407 e. The number of amides is 1. The highest BCUT2D eigenvalue weighted by molar-refractivity contribution is 6.33. The van der Waals surface area contributed by atoms with Crippen LogP contribution in [0.1, 0.15) is 37.6 Å². The van der Waals surface area contributed by atoms with Crippen LogP contribution in [0.2, 0.25) is 10.3 Å². The van der Waals surface area contributed by atoms with Gasteiger partial charge < -0.3 is 10.1 Å². The number of pyridine rings is 1. The van der Waals surface area contributed by atoms with Gasteiger partial charge in [-0.15, -0.1) is 0 Å². The van der Waals surface area contributed by atoms with Crippen LogP contribution in [0.4, 0.5) is 4.79 Å². The molecule has 0 aliphatic heterocycles. The number of nitrogens with zero attached hydrogens (tertiary/aromatic N) is 1. The van der Waals surface area contributed by atoms with Crippen LogP contribution >= 0.6 is 23.2 Å². The van der Waals surface area contributed by atoms with E-state index in [0.717, 1.165) is 6.42 Å². The van der Waals surface area contributed by atoms with Crippen molar-refractivity contribution in [3.63, 3.8) is 0 Å². The van der Waals surface area contributed by atoms with Crippen molar-refractivity contribution in [1.29, 1.82) is 0 Å². The maximum Gasteiger partial charge on any atom is 0.407 e. The van der Waals surface area contributed by atoms with Crippen LogP contribution < -0.4 is 5.32 Å². The largest absolute Gasteiger partial charge is 0.444 e. The van der Waals surface area contributed by atoms with Crippen LogP contribution in [0.5, 0.6) is 0 Å². The Bertz CT molecular complexity index is 579. The van der Waals surface area contributed by atoms with E-state index in [1.807, 2.05) is 0 Å². The van der Waals surface area contributed by atoms with Crippen LogP contribution in [0, 0.1) is 11.8 Å². The van der Waals surface area contributed by atoms with Gasteiger partial charge in [0.25, 0.3) is 0 Å². The molecule has 1 saturated carbocycles. The van der Waals surface area contributed by atoms with Gasteiger partial charge in [-0.05, 0) is 45.2 Å². The summed E-state index contributed by atoms with van der Waals surface area (Å²) in [7, 11) is 0. The van der Waals surface area contributed by atoms with E-state index in [0.29, 0.717) is 12.1 Å². The van der Waals surface area contributed by atoms with E-state index in [9.17, 15) is 9.59 Å². The van der Waals surface area contributed by atoms with E-state index in [-0.39, 0.29) is 27.9 Å². The highest BCUT2D eigenvalue weighted by Crippen LogP contribution is 2.40. The Hall–Kier alpha value is -1.33. The van der Waals surface area contributed by atoms with Crippen molar-refractivity contribution >= 4 is 35.1 Å². The van der Waals surface area contributed by atoms with Crippen molar-refractivity contribution in [3.8, 4) is 0 Å². The second kappa shape index (κ2) is 6.42. The fourth-order valence-corrected chi connectivity index (χ4v) is 2.60. The van der Waals surface area contributed by atoms with Gasteiger partial charge in [-0.25, -0.2) is 9.78 Å². The molecule has 1 aliphatic carbocycles. The number of aromatic nitrogens is 1. The first kappa shape index (κ1) is 17.0. The number of carbonyl (C=O) groups is 2. The molecule has 1 aromatic rings. The molecule has 22 heavy (non-hydrogen) atoms. The Morgan fingerprint density at radius 3 is 2.45 bits per heavy atom. The zero-order valence-electron chi connectivity index (χ0n) is 12.7. The summed E-state index contributed by atoms with van der Waals surface area (Å²) in [6.07, 6.45) is 0.257. The molecule has 120 valence electrons. The number of hydrogen-bond acceptors (Lipinski definition) is 4. The van der Waals surface area contributed by atoms with Crippen LogP contribution in [-0.4, -0.2) is 29.0 Å². The molecule has 2 atom stereocenters. The molecule has 0 spiro atoms. The van der Waals surface area contributed by atoms with Crippen molar-refractivity contribution in [2.75, 3.05) is 6.54 Å². The van der Waals surface area contributed by atoms with Gasteiger partial charge in [0.05, 0.1) is 0 Å². The van der Waals surface area contributed by atoms with Gasteiger partial charge in [-0.1, -0.05) is 23.2 Å². The predicted molar refractivity (Wildman–Crippen MR) is 84.4 cm³/mol. The van der Waals surface area contributed by atoms with Crippen molar-refractivity contribution in [2.24, 2.45) is 11.8 Å². The molecular formula is C15H18Cl2N2O3. The second-order valence-corrected chi connectivity index (χ2v) is 7.13. The number of halogens is 2. The number of rotatable bonds is 4. The molecule has 0 bridgehead atoms. The molecule has 1 aromatic heterocycles. The minimum Gasteiger partial charge on any atom is -0.444 e. The number of Topliss-reactive ketones (excluding diaryl/α,β-unsaturated/α-hetero) is 1. The molecule has 1 heterocycles. The maximum absolute atomic E-state index is 12.3. The molecule has 1 fully saturated rings. The van der Waals surface area contributed by atoms with Gasteiger partial charge >= 0.3 is 6.09 Å². The van der Waals surface area contributed by atoms with Gasteiger partial charge in [-0.2, -0.15) is 0 Å². The zero-order valence-corrected chi connectivity index (χ0v) is 14.2. The number of alkyl carbamates (subject to hydrolysis) is 1. The molecule has 0 unspecified atom stereocenters. The van der Waals surface area contributed by atoms with Gasteiger partial charge in [0.2, 0.25) is 0 Å². The quantitative estimate of drug-likeness (QED) is 0.667. The third-order valence-corrected chi connectivity index (χ3v) is 3.60. The lowest BCUT2D eigenvalue weighted by molar-refractivity contribution is 0.0523. The second-order valence-electron chi connectivity index (χ2n) is 6.35. The Balaban J connectivity index is 1.85. The first-order valence-corrected chi connectivity index (χ1v) is 7.75. The van der Waals surface area contributed by atoms with E-state index in [2.05, 4.69) is 10.3 Å². The number of nitrogens with one attached hydrogen (secondary N) is 1. The summed E-state index contributed by atoms with van der Waals surface area (Å²) in [6, 6.07) is 3.01. The summed E-state index contributed by atoms with van der Waals surface area (Å²) in [4.78, 5) is 27.7. The van der Waals surface area contributed by atoms with E-state index >= 15 is 0 Å². The molecule has 7 heteroatoms. The SMILES string of the molecule is CC(C)(C)OC(=O)NC[C@H]1C[C@H]1C(=O)c1cc(Cl)nc(Cl)c1. The van der Waals surface area contributed by atoms with Crippen molar-refractivity contribution in [3.05, 3.63) is 28.0 Å². The summed E-state index contributed by atoms with van der Waals surface area (Å²) in [5.74, 6) is -0.0302. The monoisotopic (exact) mass is 344 g/mol. The van der Waals surface area contributed by atoms with E-state index < -0.39 is 11.7 Å². The van der Waals surface area contributed by atoms with Crippen molar-refractivity contribution in [1.82, 2.24) is 10.3 Å². The molecule has 1 N–H and O–H groups in total. The molecule has 2 rings (SSSR count). The Labute approximate surface area is 139 Å². The maximum atomic E-state index is 12.3. The first-order chi connectivity index (χ1) is 10.2. The van der Waals surface area contributed by atoms with Crippen LogP contribution in [0.25, 0.3) is 0 Å². The Kier molecular flexibility index (Phi) is 4.97. The molecule has 1 aliphatic rings. The van der Waals surface area contributed by atoms with Crippen LogP contribution in [-0.2, 0) is 4.74 Å². The molecule has 0 saturated heterocycles. The summed E-state index contributed by atoms with van der Waals surface area (Å²) >= 11 is 11.6. The zero-order chi connectivity index (χ0) is 16.5. The van der Waals surface area contributed by atoms with Gasteiger partial charge in [0, 0.05) is 18.0 Å². The van der Waals surface area contributed by atoms with Crippen molar-refractivity contribution in [2.45, 2.75) is 32.8 Å². The number of ether oxygens (including phenoxy) is 1. The first-order valence-electron chi connectivity index (χ1n) is 7.00. The Morgan fingerprint density at radius 2 is 1.91 bits per heavy atom. The minimum atomic E-state index is -0.534. The fraction of sp³-hybridized carbons (Fsp3) is 0.533. The number of ketones is 1. The summed E-state index contributed by atoms with van der Waals surface area (Å²) in [5.41, 5.74) is -0.0808. The summed E-state index contributed by atoms with van der Waals surface area (Å²) in [6.45, 7) is 5.81. The average Bonchev–Trinajstić information content (AvgIpc) is 3.11. The minimum absolute atomic E-state index is 0.0258. The topological polar surface area (TPSA) is 68.3 Å². The lowest BCUT2D eigenvalue weighted by Gasteiger charge is -2.19. The summed E-state index contributed by atoms with van der Waals surface area (Å²) in [5, 5.41) is 3.07. The van der Waals surface area contributed by atoms with Crippen LogP contribution in [0.15, 0.2) is 12.1 Å². The third-order valence-electron chi connectivity index (χ3n) is 3.21. The van der Waals surface area contributed by atoms with Gasteiger partial charge in [-0.3, -0.25) is 4.79 Å². The highest BCUT2D eigenvalue weighted by atomic mass is 35.5. The Morgan fingerprint density at radius 1 is 1.32 bits per heavy atom. The van der Waals surface area contributed by atoms with Gasteiger partial charge in [0.15, 0.2) is 5.78 Å². The predicted octanol–water partition coefficient (Wildman–Crippen LogP) is 3.73. The fourth-order valence-electron chi connectivity index (χ4n) is 2.14. The van der Waals surface area contributed by atoms with Crippen LogP contribution in [0.3, 0.4) is 0 Å². The third kappa shape index (κ3) is 4.85. The number of hydrogen-bond donors (Lipinski definition) is 1. The van der Waals surface area contributed by atoms with E-state index in [1.54, 1.807) is 20.8 Å². The van der Waals surface area contributed by atoms with Crippen molar-refractivity contribution < 1.29 is 14.3 Å². The van der Waals surface area contributed by atoms with E-state index in [4.69, 9.17) is 27.9 Å². The molecule has 0 aromatic carbocycles. The summed E-state index contributed by atoms with van der Waals surface area (Å²) < 4.78 is 5.15. The lowest BCUT2D eigenvalue weighted by Crippen LogP contribution is -2.33. The lowest BCUT2D eigenvalue weighted by atomic mass is 10.1. The standard InChI is InChI=1S/C15H18Cl2N2O3/c1-15(2,3)22-14(21)18-7-9-4-10(9)13(20)8-5-11(16)19-12(17)6-8/h5-6,9-10H,4,7H2,1-3H3,(H,18,21)/t9-,10-/m1/s1. The normalized spacial score (nSPS) is 20.4. The highest BCUT2D eigenvalue weighted by Gasteiger charge is 2.43. The van der Waals surface area contributed by atoms with E-state index in [1.165, 1.54) is 12.1 Å². The molecular weight excluding hydrogens is 327 g/mol. The van der Waals surface area contributed by atoms with Gasteiger partial charge in [0.1, 0.15) is 15.9 Å². The molecule has 5 nitrogen and oxygen atoms in total. The number of carbonyl (C=O) groups excluding carboxylic acids is 2.